The first-order chi connectivity index (χ1) is 29.9. The van der Waals surface area contributed by atoms with Crippen molar-refractivity contribution in [3.8, 4) is 16.8 Å². The van der Waals surface area contributed by atoms with Crippen LogP contribution in [0.5, 0.6) is 0 Å². The Bertz CT molecular complexity index is 3880. The Morgan fingerprint density at radius 3 is 2.00 bits per heavy atom. The van der Waals surface area contributed by atoms with Crippen LogP contribution in [0.1, 0.15) is 52.7 Å². The third-order valence-corrected chi connectivity index (χ3v) is 14.5. The second-order valence-corrected chi connectivity index (χ2v) is 20.4. The van der Waals surface area contributed by atoms with Gasteiger partial charge in [-0.05, 0) is 93.6 Å². The fraction of sp³-hybridized carbons (Fsp3) is 0.143. The van der Waals surface area contributed by atoms with Gasteiger partial charge in [0.15, 0.2) is 7.28 Å². The summed E-state index contributed by atoms with van der Waals surface area (Å²) < 4.78 is 18.4. The molecule has 0 spiro atoms. The van der Waals surface area contributed by atoms with Crippen molar-refractivity contribution in [2.24, 2.45) is 0 Å². The Hall–Kier alpha value is -6.76. The Morgan fingerprint density at radius 2 is 1.19 bits per heavy atom. The minimum Gasteiger partial charge on any atom is -0.456 e. The molecular formula is C56H42BN2O2S. The molecule has 1 aliphatic rings. The van der Waals surface area contributed by atoms with Crippen molar-refractivity contribution in [3.05, 3.63) is 151 Å². The molecule has 13 rings (SSSR count). The summed E-state index contributed by atoms with van der Waals surface area (Å²) in [5, 5.41) is 13.5. The first-order valence-corrected chi connectivity index (χ1v) is 22.4. The molecule has 12 aromatic rings. The molecule has 0 aliphatic carbocycles. The summed E-state index contributed by atoms with van der Waals surface area (Å²) in [5.41, 5.74) is 16.4. The molecule has 0 fully saturated rings. The number of para-hydroxylation sites is 1. The summed E-state index contributed by atoms with van der Waals surface area (Å²) in [7, 11) is 2.41. The molecule has 0 saturated heterocycles. The van der Waals surface area contributed by atoms with E-state index in [1.165, 1.54) is 58.6 Å². The number of hydrogen-bond acceptors (Lipinski definition) is 4. The normalized spacial score (nSPS) is 13.1. The lowest BCUT2D eigenvalue weighted by atomic mass is 9.59. The highest BCUT2D eigenvalue weighted by molar-refractivity contribution is 7.25. The molecule has 5 heterocycles. The minimum absolute atomic E-state index is 0.00675. The van der Waals surface area contributed by atoms with Crippen LogP contribution in [0.2, 0.25) is 0 Å². The first-order valence-electron chi connectivity index (χ1n) is 21.6. The van der Waals surface area contributed by atoms with E-state index in [2.05, 4.69) is 192 Å². The molecule has 1 N–H and O–H groups in total. The van der Waals surface area contributed by atoms with Crippen LogP contribution in [-0.2, 0) is 10.8 Å². The van der Waals surface area contributed by atoms with Crippen molar-refractivity contribution >= 4 is 127 Å². The van der Waals surface area contributed by atoms with Gasteiger partial charge in [0, 0.05) is 86.7 Å². The van der Waals surface area contributed by atoms with E-state index in [4.69, 9.17) is 8.83 Å². The van der Waals surface area contributed by atoms with Crippen molar-refractivity contribution in [1.82, 2.24) is 4.57 Å². The number of nitrogens with zero attached hydrogens (tertiary/aromatic N) is 1. The second-order valence-electron chi connectivity index (χ2n) is 19.3. The van der Waals surface area contributed by atoms with Gasteiger partial charge in [-0.25, -0.2) is 0 Å². The molecule has 1 radical (unpaired) electrons. The molecule has 297 valence electrons. The number of nitrogens with one attached hydrogen (secondary N) is 1. The van der Waals surface area contributed by atoms with Crippen LogP contribution in [0.3, 0.4) is 0 Å². The molecule has 1 aliphatic heterocycles. The van der Waals surface area contributed by atoms with E-state index in [0.717, 1.165) is 77.5 Å². The van der Waals surface area contributed by atoms with Crippen LogP contribution in [0.15, 0.2) is 148 Å². The lowest BCUT2D eigenvalue weighted by molar-refractivity contribution is 0.590. The van der Waals surface area contributed by atoms with E-state index in [1.807, 2.05) is 17.4 Å². The van der Waals surface area contributed by atoms with E-state index >= 15 is 0 Å². The van der Waals surface area contributed by atoms with Crippen molar-refractivity contribution in [1.29, 1.82) is 0 Å². The van der Waals surface area contributed by atoms with Crippen molar-refractivity contribution in [2.45, 2.75) is 52.4 Å². The van der Waals surface area contributed by atoms with E-state index in [0.29, 0.717) is 0 Å². The van der Waals surface area contributed by atoms with E-state index in [1.54, 1.807) is 0 Å². The SMILES string of the molecule is CC(C)(C)c1ccc(Nc2cc3c(cc2-c2ccc4c5cc6c(cc5n5c4c2[B]c2cc4c(cc2-5)oc2ccccc24)sc2ccccc26)oc2ccc(C(C)(C)C)cc23)cc1. The van der Waals surface area contributed by atoms with Gasteiger partial charge in [0.05, 0.1) is 5.52 Å². The maximum Gasteiger partial charge on any atom is 0.197 e. The summed E-state index contributed by atoms with van der Waals surface area (Å²) in [6, 6.07) is 51.4. The zero-order valence-corrected chi connectivity index (χ0v) is 36.3. The van der Waals surface area contributed by atoms with Crippen LogP contribution in [0, 0.1) is 0 Å². The number of aromatic nitrogens is 1. The number of benzene rings is 8. The molecule has 62 heavy (non-hydrogen) atoms. The number of anilines is 2. The Balaban J connectivity index is 1.10. The molecule has 8 aromatic carbocycles. The fourth-order valence-corrected chi connectivity index (χ4v) is 11.2. The van der Waals surface area contributed by atoms with E-state index in [9.17, 15) is 0 Å². The third-order valence-electron chi connectivity index (χ3n) is 13.3. The van der Waals surface area contributed by atoms with Crippen LogP contribution in [0.25, 0.3) is 103 Å². The van der Waals surface area contributed by atoms with Gasteiger partial charge >= 0.3 is 0 Å². The standard InChI is InChI=1S/C56H42BN2O2S/c1-55(2,3)30-15-18-32(19-16-30)58-44-26-41-39-23-31(56(4,5)6)17-22-48(39)61-49(41)27-37(44)35-20-21-36-38-24-42-34-12-8-10-14-51(34)62-52(42)29-45(38)59-46-28-50-40(25-43(46)57-53(35)54(36)59)33-11-7-9-13-47(33)60-50/h7-29,58H,1-6H3. The van der Waals surface area contributed by atoms with Crippen LogP contribution >= 0.6 is 11.3 Å². The van der Waals surface area contributed by atoms with Gasteiger partial charge in [0.25, 0.3) is 0 Å². The Labute approximate surface area is 363 Å². The maximum absolute atomic E-state index is 6.74. The molecular weight excluding hydrogens is 776 g/mol. The van der Waals surface area contributed by atoms with Gasteiger partial charge in [0.1, 0.15) is 22.3 Å². The highest BCUT2D eigenvalue weighted by Crippen LogP contribution is 2.45. The quantitative estimate of drug-likeness (QED) is 0.181. The van der Waals surface area contributed by atoms with E-state index in [-0.39, 0.29) is 10.8 Å². The molecule has 0 saturated carbocycles. The average Bonchev–Trinajstić information content (AvgIpc) is 4.00. The summed E-state index contributed by atoms with van der Waals surface area (Å²) in [6.07, 6.45) is 0. The van der Waals surface area contributed by atoms with E-state index < -0.39 is 0 Å². The number of thiophene rings is 1. The molecule has 4 nitrogen and oxygen atoms in total. The predicted molar refractivity (Wildman–Crippen MR) is 266 cm³/mol. The van der Waals surface area contributed by atoms with Crippen LogP contribution in [0.4, 0.5) is 11.4 Å². The lowest BCUT2D eigenvalue weighted by Crippen LogP contribution is -2.37. The number of fused-ring (bicyclic) bond motifs is 14. The first kappa shape index (κ1) is 35.9. The molecule has 4 aromatic heterocycles. The summed E-state index contributed by atoms with van der Waals surface area (Å²) in [5.74, 6) is 0. The number of hydrogen-bond donors (Lipinski definition) is 1. The number of rotatable bonds is 3. The second kappa shape index (κ2) is 12.4. The monoisotopic (exact) mass is 817 g/mol. The molecule has 0 amide bonds. The van der Waals surface area contributed by atoms with Gasteiger partial charge in [0.2, 0.25) is 0 Å². The largest absolute Gasteiger partial charge is 0.456 e. The highest BCUT2D eigenvalue weighted by atomic mass is 32.1. The molecule has 6 heteroatoms. The predicted octanol–water partition coefficient (Wildman–Crippen LogP) is 14.9. The Kier molecular flexibility index (Phi) is 7.21. The van der Waals surface area contributed by atoms with Gasteiger partial charge in [-0.3, -0.25) is 0 Å². The van der Waals surface area contributed by atoms with Crippen molar-refractivity contribution in [2.75, 3.05) is 5.32 Å². The summed E-state index contributed by atoms with van der Waals surface area (Å²) in [4.78, 5) is 0. The van der Waals surface area contributed by atoms with Gasteiger partial charge in [-0.1, -0.05) is 120 Å². The topological polar surface area (TPSA) is 43.2 Å². The zero-order chi connectivity index (χ0) is 41.8. The fourth-order valence-electron chi connectivity index (χ4n) is 10.0. The smallest absolute Gasteiger partial charge is 0.197 e. The van der Waals surface area contributed by atoms with Crippen LogP contribution < -0.4 is 16.2 Å². The average molecular weight is 818 g/mol. The van der Waals surface area contributed by atoms with Gasteiger partial charge in [-0.15, -0.1) is 11.3 Å². The van der Waals surface area contributed by atoms with Gasteiger partial charge in [-0.2, -0.15) is 0 Å². The van der Waals surface area contributed by atoms with Crippen LogP contribution in [-0.4, -0.2) is 11.8 Å². The summed E-state index contributed by atoms with van der Waals surface area (Å²) >= 11 is 1.87. The minimum atomic E-state index is 0.00675. The summed E-state index contributed by atoms with van der Waals surface area (Å²) in [6.45, 7) is 13.6. The Morgan fingerprint density at radius 1 is 0.500 bits per heavy atom. The highest BCUT2D eigenvalue weighted by Gasteiger charge is 2.29. The molecule has 0 atom stereocenters. The van der Waals surface area contributed by atoms with Crippen molar-refractivity contribution < 1.29 is 8.83 Å². The van der Waals surface area contributed by atoms with Gasteiger partial charge < -0.3 is 18.7 Å². The molecule has 0 bridgehead atoms. The third kappa shape index (κ3) is 5.20. The lowest BCUT2D eigenvalue weighted by Gasteiger charge is -2.24. The zero-order valence-electron chi connectivity index (χ0n) is 35.5. The van der Waals surface area contributed by atoms with Crippen molar-refractivity contribution in [3.63, 3.8) is 0 Å². The number of furan rings is 2. The molecule has 0 unspecified atom stereocenters. The maximum atomic E-state index is 6.74.